The minimum absolute atomic E-state index is 0.250. The van der Waals surface area contributed by atoms with Crippen LogP contribution in [0.3, 0.4) is 0 Å². The maximum Gasteiger partial charge on any atom is 0.306 e. The van der Waals surface area contributed by atoms with Crippen LogP contribution in [0, 0.1) is 11.8 Å². The molecule has 70 valence electrons. The third-order valence-electron chi connectivity index (χ3n) is 2.49. The average molecular weight is 174 g/mol. The molecule has 1 aliphatic carbocycles. The normalized spacial score (nSPS) is 30.6. The summed E-state index contributed by atoms with van der Waals surface area (Å²) in [4.78, 5) is 10.6. The molecular weight excluding hydrogens is 160 g/mol. The SMILES string of the molecule is O=C(O)C1CCCC(C(O)O)C1. The summed E-state index contributed by atoms with van der Waals surface area (Å²) < 4.78 is 0. The number of aliphatic hydroxyl groups excluding tert-OH is 1. The highest BCUT2D eigenvalue weighted by Crippen LogP contribution is 2.30. The number of carboxylic acid groups (broad SMARTS) is 1. The third kappa shape index (κ3) is 2.19. The fourth-order valence-electron chi connectivity index (χ4n) is 1.72. The predicted molar refractivity (Wildman–Crippen MR) is 41.3 cm³/mol. The summed E-state index contributed by atoms with van der Waals surface area (Å²) in [6, 6.07) is 0. The first kappa shape index (κ1) is 9.48. The van der Waals surface area contributed by atoms with Crippen LogP contribution in [0.25, 0.3) is 0 Å². The van der Waals surface area contributed by atoms with Gasteiger partial charge in [-0.05, 0) is 19.3 Å². The molecule has 0 heterocycles. The highest BCUT2D eigenvalue weighted by atomic mass is 16.5. The van der Waals surface area contributed by atoms with E-state index < -0.39 is 12.3 Å². The minimum Gasteiger partial charge on any atom is -0.481 e. The maximum atomic E-state index is 10.6. The van der Waals surface area contributed by atoms with Crippen LogP contribution in [0.1, 0.15) is 25.7 Å². The van der Waals surface area contributed by atoms with Crippen molar-refractivity contribution in [3.63, 3.8) is 0 Å². The van der Waals surface area contributed by atoms with Crippen LogP contribution in [-0.4, -0.2) is 27.6 Å². The standard InChI is InChI=1S/C8H14O4/c9-7(10)5-2-1-3-6(4-5)8(11)12/h5-7,9-10H,1-4H2,(H,11,12). The lowest BCUT2D eigenvalue weighted by Gasteiger charge is -2.27. The van der Waals surface area contributed by atoms with Gasteiger partial charge in [-0.3, -0.25) is 4.79 Å². The van der Waals surface area contributed by atoms with Crippen LogP contribution in [-0.2, 0) is 4.79 Å². The van der Waals surface area contributed by atoms with Gasteiger partial charge in [-0.15, -0.1) is 0 Å². The second-order valence-electron chi connectivity index (χ2n) is 3.38. The lowest BCUT2D eigenvalue weighted by molar-refractivity contribution is -0.146. The molecule has 3 N–H and O–H groups in total. The molecule has 1 aliphatic rings. The van der Waals surface area contributed by atoms with Crippen LogP contribution < -0.4 is 0 Å². The molecule has 1 saturated carbocycles. The largest absolute Gasteiger partial charge is 0.481 e. The van der Waals surface area contributed by atoms with Crippen LogP contribution in [0.2, 0.25) is 0 Å². The Morgan fingerprint density at radius 3 is 2.50 bits per heavy atom. The molecule has 0 aromatic rings. The van der Waals surface area contributed by atoms with Gasteiger partial charge in [0.2, 0.25) is 0 Å². The Balaban J connectivity index is 2.46. The summed E-state index contributed by atoms with van der Waals surface area (Å²) in [7, 11) is 0. The van der Waals surface area contributed by atoms with Crippen molar-refractivity contribution in [2.24, 2.45) is 11.8 Å². The Morgan fingerprint density at radius 1 is 1.33 bits per heavy atom. The Kier molecular flexibility index (Phi) is 3.05. The van der Waals surface area contributed by atoms with Crippen LogP contribution in [0.4, 0.5) is 0 Å². The van der Waals surface area contributed by atoms with E-state index in [1.807, 2.05) is 0 Å². The van der Waals surface area contributed by atoms with Crippen molar-refractivity contribution in [1.82, 2.24) is 0 Å². The number of aliphatic carboxylic acids is 1. The number of hydrogen-bond acceptors (Lipinski definition) is 3. The van der Waals surface area contributed by atoms with Gasteiger partial charge in [0.05, 0.1) is 5.92 Å². The summed E-state index contributed by atoms with van der Waals surface area (Å²) >= 11 is 0. The van der Waals surface area contributed by atoms with Crippen molar-refractivity contribution in [3.05, 3.63) is 0 Å². The molecule has 0 aromatic carbocycles. The zero-order valence-corrected chi connectivity index (χ0v) is 6.81. The van der Waals surface area contributed by atoms with E-state index in [9.17, 15) is 4.79 Å². The molecule has 0 radical (unpaired) electrons. The predicted octanol–water partition coefficient (Wildman–Crippen LogP) is 0.188. The van der Waals surface area contributed by atoms with Crippen molar-refractivity contribution in [2.75, 3.05) is 0 Å². The highest BCUT2D eigenvalue weighted by molar-refractivity contribution is 5.70. The van der Waals surface area contributed by atoms with Gasteiger partial charge in [-0.2, -0.15) is 0 Å². The molecule has 4 nitrogen and oxygen atoms in total. The quantitative estimate of drug-likeness (QED) is 0.522. The zero-order valence-electron chi connectivity index (χ0n) is 6.81. The van der Waals surface area contributed by atoms with E-state index in [0.717, 1.165) is 12.8 Å². The molecule has 4 heteroatoms. The molecule has 0 amide bonds. The Labute approximate surface area is 70.8 Å². The summed E-state index contributed by atoms with van der Waals surface area (Å²) in [6.45, 7) is 0. The van der Waals surface area contributed by atoms with Crippen molar-refractivity contribution in [1.29, 1.82) is 0 Å². The molecule has 0 spiro atoms. The molecule has 2 atom stereocenters. The Bertz CT molecular complexity index is 166. The lowest BCUT2D eigenvalue weighted by atomic mass is 9.81. The molecule has 0 saturated heterocycles. The Hall–Kier alpha value is -0.610. The molecule has 12 heavy (non-hydrogen) atoms. The van der Waals surface area contributed by atoms with Gasteiger partial charge in [-0.1, -0.05) is 6.42 Å². The molecule has 1 rings (SSSR count). The fraction of sp³-hybridized carbons (Fsp3) is 0.875. The lowest BCUT2D eigenvalue weighted by Crippen LogP contribution is -2.29. The van der Waals surface area contributed by atoms with Crippen molar-refractivity contribution in [3.8, 4) is 0 Å². The smallest absolute Gasteiger partial charge is 0.306 e. The van der Waals surface area contributed by atoms with Crippen molar-refractivity contribution < 1.29 is 20.1 Å². The van der Waals surface area contributed by atoms with Gasteiger partial charge < -0.3 is 15.3 Å². The number of hydrogen-bond donors (Lipinski definition) is 3. The summed E-state index contributed by atoms with van der Waals surface area (Å²) in [5, 5.41) is 26.4. The first-order chi connectivity index (χ1) is 5.61. The second-order valence-corrected chi connectivity index (χ2v) is 3.38. The van der Waals surface area contributed by atoms with E-state index in [0.29, 0.717) is 12.8 Å². The minimum atomic E-state index is -1.35. The van der Waals surface area contributed by atoms with E-state index in [-0.39, 0.29) is 11.8 Å². The van der Waals surface area contributed by atoms with E-state index in [2.05, 4.69) is 0 Å². The number of carbonyl (C=O) groups is 1. The Morgan fingerprint density at radius 2 is 2.00 bits per heavy atom. The van der Waals surface area contributed by atoms with Gasteiger partial charge in [0.1, 0.15) is 0 Å². The molecular formula is C8H14O4. The summed E-state index contributed by atoms with van der Waals surface area (Å²) in [6.07, 6.45) is 1.21. The van der Waals surface area contributed by atoms with Crippen LogP contribution in [0.15, 0.2) is 0 Å². The van der Waals surface area contributed by atoms with Crippen LogP contribution in [0.5, 0.6) is 0 Å². The monoisotopic (exact) mass is 174 g/mol. The first-order valence-corrected chi connectivity index (χ1v) is 4.20. The van der Waals surface area contributed by atoms with Gasteiger partial charge in [-0.25, -0.2) is 0 Å². The second kappa shape index (κ2) is 3.87. The number of aliphatic hydroxyl groups is 2. The summed E-state index contributed by atoms with van der Waals surface area (Å²) in [5.74, 6) is -1.45. The maximum absolute atomic E-state index is 10.6. The van der Waals surface area contributed by atoms with Crippen molar-refractivity contribution >= 4 is 5.97 Å². The third-order valence-corrected chi connectivity index (χ3v) is 2.49. The highest BCUT2D eigenvalue weighted by Gasteiger charge is 2.29. The molecule has 2 unspecified atom stereocenters. The molecule has 0 aliphatic heterocycles. The van der Waals surface area contributed by atoms with E-state index >= 15 is 0 Å². The van der Waals surface area contributed by atoms with Gasteiger partial charge in [0.15, 0.2) is 6.29 Å². The zero-order chi connectivity index (χ0) is 9.14. The van der Waals surface area contributed by atoms with E-state index in [4.69, 9.17) is 15.3 Å². The van der Waals surface area contributed by atoms with Gasteiger partial charge in [0.25, 0.3) is 0 Å². The van der Waals surface area contributed by atoms with E-state index in [1.54, 1.807) is 0 Å². The summed E-state index contributed by atoms with van der Waals surface area (Å²) in [5.41, 5.74) is 0. The van der Waals surface area contributed by atoms with Gasteiger partial charge in [0, 0.05) is 5.92 Å². The van der Waals surface area contributed by atoms with E-state index in [1.165, 1.54) is 0 Å². The molecule has 1 fully saturated rings. The topological polar surface area (TPSA) is 77.8 Å². The number of carboxylic acids is 1. The van der Waals surface area contributed by atoms with Crippen LogP contribution >= 0.6 is 0 Å². The average Bonchev–Trinajstić information content (AvgIpc) is 2.04. The molecule has 0 aromatic heterocycles. The fourth-order valence-corrected chi connectivity index (χ4v) is 1.72. The number of rotatable bonds is 2. The molecule has 0 bridgehead atoms. The first-order valence-electron chi connectivity index (χ1n) is 4.20. The van der Waals surface area contributed by atoms with Crippen molar-refractivity contribution in [2.45, 2.75) is 32.0 Å². The van der Waals surface area contributed by atoms with Gasteiger partial charge >= 0.3 is 5.97 Å².